The fourth-order valence-electron chi connectivity index (χ4n) is 1.45. The number of hydrogen-bond acceptors (Lipinski definition) is 2. The molecule has 0 radical (unpaired) electrons. The standard InChI is InChI=1S/C12H17BrN2/c1-2-8-15(9-7-14)10-11-3-5-12(13)6-4-11/h2-6H,1,7-10,14H2. The van der Waals surface area contributed by atoms with E-state index in [2.05, 4.69) is 51.7 Å². The first-order valence-corrected chi connectivity index (χ1v) is 5.83. The molecule has 0 aromatic heterocycles. The Labute approximate surface area is 99.9 Å². The van der Waals surface area contributed by atoms with Crippen LogP contribution in [0.3, 0.4) is 0 Å². The highest BCUT2D eigenvalue weighted by Gasteiger charge is 2.02. The van der Waals surface area contributed by atoms with Crippen molar-refractivity contribution in [2.75, 3.05) is 19.6 Å². The van der Waals surface area contributed by atoms with Gasteiger partial charge in [0, 0.05) is 30.7 Å². The lowest BCUT2D eigenvalue weighted by Crippen LogP contribution is -2.29. The first-order valence-electron chi connectivity index (χ1n) is 5.04. The number of nitrogens with zero attached hydrogens (tertiary/aromatic N) is 1. The predicted molar refractivity (Wildman–Crippen MR) is 68.7 cm³/mol. The van der Waals surface area contributed by atoms with Gasteiger partial charge < -0.3 is 5.73 Å². The van der Waals surface area contributed by atoms with Gasteiger partial charge in [-0.25, -0.2) is 0 Å². The molecule has 15 heavy (non-hydrogen) atoms. The average Bonchev–Trinajstić information content (AvgIpc) is 2.22. The monoisotopic (exact) mass is 268 g/mol. The number of hydrogen-bond donors (Lipinski definition) is 1. The molecule has 1 aromatic carbocycles. The van der Waals surface area contributed by atoms with Crippen LogP contribution in [-0.4, -0.2) is 24.5 Å². The van der Waals surface area contributed by atoms with Crippen molar-refractivity contribution in [3.05, 3.63) is 47.0 Å². The van der Waals surface area contributed by atoms with E-state index in [9.17, 15) is 0 Å². The highest BCUT2D eigenvalue weighted by Crippen LogP contribution is 2.12. The van der Waals surface area contributed by atoms with Crippen LogP contribution in [0.25, 0.3) is 0 Å². The van der Waals surface area contributed by atoms with Gasteiger partial charge in [0.25, 0.3) is 0 Å². The third-order valence-electron chi connectivity index (χ3n) is 2.15. The molecule has 82 valence electrons. The summed E-state index contributed by atoms with van der Waals surface area (Å²) in [4.78, 5) is 2.27. The molecule has 0 amide bonds. The summed E-state index contributed by atoms with van der Waals surface area (Å²) in [5.41, 5.74) is 6.85. The fraction of sp³-hybridized carbons (Fsp3) is 0.333. The van der Waals surface area contributed by atoms with Crippen molar-refractivity contribution in [1.29, 1.82) is 0 Å². The Morgan fingerprint density at radius 1 is 1.33 bits per heavy atom. The van der Waals surface area contributed by atoms with Crippen molar-refractivity contribution in [3.8, 4) is 0 Å². The highest BCUT2D eigenvalue weighted by molar-refractivity contribution is 9.10. The third kappa shape index (κ3) is 4.60. The maximum absolute atomic E-state index is 5.55. The van der Waals surface area contributed by atoms with Crippen LogP contribution in [-0.2, 0) is 6.54 Å². The van der Waals surface area contributed by atoms with E-state index < -0.39 is 0 Å². The van der Waals surface area contributed by atoms with E-state index in [4.69, 9.17) is 5.73 Å². The van der Waals surface area contributed by atoms with Crippen LogP contribution >= 0.6 is 15.9 Å². The van der Waals surface area contributed by atoms with E-state index in [1.807, 2.05) is 6.08 Å². The Kier molecular flexibility index (Phi) is 5.61. The van der Waals surface area contributed by atoms with Gasteiger partial charge >= 0.3 is 0 Å². The fourth-order valence-corrected chi connectivity index (χ4v) is 1.71. The second-order valence-corrected chi connectivity index (χ2v) is 4.35. The van der Waals surface area contributed by atoms with Crippen LogP contribution in [0.2, 0.25) is 0 Å². The van der Waals surface area contributed by atoms with E-state index >= 15 is 0 Å². The van der Waals surface area contributed by atoms with E-state index in [-0.39, 0.29) is 0 Å². The Balaban J connectivity index is 2.56. The molecule has 0 aliphatic carbocycles. The minimum atomic E-state index is 0.685. The topological polar surface area (TPSA) is 29.3 Å². The highest BCUT2D eigenvalue weighted by atomic mass is 79.9. The number of nitrogens with two attached hydrogens (primary N) is 1. The summed E-state index contributed by atoms with van der Waals surface area (Å²) >= 11 is 3.42. The lowest BCUT2D eigenvalue weighted by atomic mass is 10.2. The summed E-state index contributed by atoms with van der Waals surface area (Å²) in [5, 5.41) is 0. The zero-order valence-corrected chi connectivity index (χ0v) is 10.4. The second-order valence-electron chi connectivity index (χ2n) is 3.44. The molecule has 3 heteroatoms. The summed E-state index contributed by atoms with van der Waals surface area (Å²) in [6.45, 7) is 7.15. The Hall–Kier alpha value is -0.640. The zero-order chi connectivity index (χ0) is 11.1. The summed E-state index contributed by atoms with van der Waals surface area (Å²) < 4.78 is 1.11. The van der Waals surface area contributed by atoms with Crippen LogP contribution in [0.4, 0.5) is 0 Å². The molecule has 0 aliphatic heterocycles. The first kappa shape index (κ1) is 12.4. The van der Waals surface area contributed by atoms with E-state index in [0.717, 1.165) is 24.1 Å². The predicted octanol–water partition coefficient (Wildman–Crippen LogP) is 2.40. The summed E-state index contributed by atoms with van der Waals surface area (Å²) in [6, 6.07) is 8.36. The SMILES string of the molecule is C=CCN(CCN)Cc1ccc(Br)cc1. The number of halogens is 1. The van der Waals surface area contributed by atoms with Gasteiger partial charge in [0.05, 0.1) is 0 Å². The molecule has 0 bridgehead atoms. The summed E-state index contributed by atoms with van der Waals surface area (Å²) in [5.74, 6) is 0. The Morgan fingerprint density at radius 3 is 2.53 bits per heavy atom. The van der Waals surface area contributed by atoms with Gasteiger partial charge in [-0.2, -0.15) is 0 Å². The number of rotatable bonds is 6. The molecule has 1 rings (SSSR count). The average molecular weight is 269 g/mol. The molecular weight excluding hydrogens is 252 g/mol. The van der Waals surface area contributed by atoms with Gasteiger partial charge in [0.2, 0.25) is 0 Å². The minimum absolute atomic E-state index is 0.685. The summed E-state index contributed by atoms with van der Waals surface area (Å²) in [7, 11) is 0. The Bertz CT molecular complexity index is 295. The molecule has 0 spiro atoms. The van der Waals surface area contributed by atoms with Crippen LogP contribution in [0.15, 0.2) is 41.4 Å². The molecule has 0 heterocycles. The van der Waals surface area contributed by atoms with Gasteiger partial charge in [-0.1, -0.05) is 34.1 Å². The van der Waals surface area contributed by atoms with Crippen molar-refractivity contribution in [2.45, 2.75) is 6.54 Å². The van der Waals surface area contributed by atoms with E-state index in [0.29, 0.717) is 6.54 Å². The molecular formula is C12H17BrN2. The maximum Gasteiger partial charge on any atom is 0.0237 e. The molecule has 0 unspecified atom stereocenters. The number of benzene rings is 1. The molecule has 2 N–H and O–H groups in total. The lowest BCUT2D eigenvalue weighted by Gasteiger charge is -2.19. The largest absolute Gasteiger partial charge is 0.329 e. The molecule has 1 aromatic rings. The Morgan fingerprint density at radius 2 is 2.00 bits per heavy atom. The van der Waals surface area contributed by atoms with Crippen molar-refractivity contribution in [1.82, 2.24) is 4.90 Å². The van der Waals surface area contributed by atoms with E-state index in [1.165, 1.54) is 5.56 Å². The molecule has 0 atom stereocenters. The van der Waals surface area contributed by atoms with E-state index in [1.54, 1.807) is 0 Å². The van der Waals surface area contributed by atoms with Crippen molar-refractivity contribution < 1.29 is 0 Å². The van der Waals surface area contributed by atoms with Gasteiger partial charge in [-0.05, 0) is 17.7 Å². The molecule has 2 nitrogen and oxygen atoms in total. The summed E-state index contributed by atoms with van der Waals surface area (Å²) in [6.07, 6.45) is 1.91. The smallest absolute Gasteiger partial charge is 0.0237 e. The maximum atomic E-state index is 5.55. The third-order valence-corrected chi connectivity index (χ3v) is 2.68. The van der Waals surface area contributed by atoms with Gasteiger partial charge in [0.1, 0.15) is 0 Å². The van der Waals surface area contributed by atoms with Gasteiger partial charge in [-0.15, -0.1) is 6.58 Å². The normalized spacial score (nSPS) is 10.6. The quantitative estimate of drug-likeness (QED) is 0.803. The lowest BCUT2D eigenvalue weighted by molar-refractivity contribution is 0.303. The van der Waals surface area contributed by atoms with Crippen LogP contribution < -0.4 is 5.73 Å². The van der Waals surface area contributed by atoms with Gasteiger partial charge in [-0.3, -0.25) is 4.90 Å². The molecule has 0 aliphatic rings. The van der Waals surface area contributed by atoms with Gasteiger partial charge in [0.15, 0.2) is 0 Å². The minimum Gasteiger partial charge on any atom is -0.329 e. The first-order chi connectivity index (χ1) is 7.26. The molecule has 0 fully saturated rings. The molecule has 0 saturated heterocycles. The van der Waals surface area contributed by atoms with Crippen molar-refractivity contribution in [3.63, 3.8) is 0 Å². The van der Waals surface area contributed by atoms with Crippen LogP contribution in [0, 0.1) is 0 Å². The van der Waals surface area contributed by atoms with Crippen molar-refractivity contribution >= 4 is 15.9 Å². The zero-order valence-electron chi connectivity index (χ0n) is 8.82. The van der Waals surface area contributed by atoms with Crippen LogP contribution in [0.1, 0.15) is 5.56 Å². The molecule has 0 saturated carbocycles. The van der Waals surface area contributed by atoms with Crippen molar-refractivity contribution in [2.24, 2.45) is 5.73 Å². The second kappa shape index (κ2) is 6.77. The van der Waals surface area contributed by atoms with Crippen LogP contribution in [0.5, 0.6) is 0 Å².